The molecule has 3 aromatic carbocycles. The van der Waals surface area contributed by atoms with Crippen LogP contribution in [0, 0.1) is 13.8 Å². The van der Waals surface area contributed by atoms with Crippen LogP contribution in [-0.2, 0) is 0 Å². The van der Waals surface area contributed by atoms with Crippen molar-refractivity contribution in [1.82, 2.24) is 0 Å². The summed E-state index contributed by atoms with van der Waals surface area (Å²) < 4.78 is 5.69. The summed E-state index contributed by atoms with van der Waals surface area (Å²) in [5.41, 5.74) is 3.72. The zero-order chi connectivity index (χ0) is 17.1. The third-order valence-electron chi connectivity index (χ3n) is 4.18. The first-order valence-electron chi connectivity index (χ1n) is 8.13. The summed E-state index contributed by atoms with van der Waals surface area (Å²) >= 11 is 0. The van der Waals surface area contributed by atoms with E-state index in [1.807, 2.05) is 68.4 Å². The van der Waals surface area contributed by atoms with E-state index >= 15 is 0 Å². The van der Waals surface area contributed by atoms with E-state index in [1.54, 1.807) is 0 Å². The molecule has 0 spiro atoms. The lowest BCUT2D eigenvalue weighted by Gasteiger charge is -2.14. The normalized spacial score (nSPS) is 10.6. The molecule has 24 heavy (non-hydrogen) atoms. The highest BCUT2D eigenvalue weighted by Gasteiger charge is 2.17. The van der Waals surface area contributed by atoms with Crippen molar-refractivity contribution < 1.29 is 9.53 Å². The highest BCUT2D eigenvalue weighted by Crippen LogP contribution is 2.29. The van der Waals surface area contributed by atoms with E-state index in [1.165, 1.54) is 5.56 Å². The van der Waals surface area contributed by atoms with Crippen molar-refractivity contribution in [1.29, 1.82) is 0 Å². The van der Waals surface area contributed by atoms with Gasteiger partial charge in [0.1, 0.15) is 5.75 Å². The fourth-order valence-electron chi connectivity index (χ4n) is 2.77. The van der Waals surface area contributed by atoms with Crippen LogP contribution in [-0.4, -0.2) is 12.5 Å². The zero-order valence-corrected chi connectivity index (χ0v) is 14.2. The van der Waals surface area contributed by atoms with Crippen LogP contribution in [0.25, 0.3) is 10.8 Å². The lowest BCUT2D eigenvalue weighted by atomic mass is 10.0. The van der Waals surface area contributed by atoms with Crippen LogP contribution in [0.5, 0.6) is 5.75 Å². The minimum atomic E-state index is -0.154. The van der Waals surface area contributed by atoms with Gasteiger partial charge in [-0.15, -0.1) is 0 Å². The molecule has 0 heterocycles. The van der Waals surface area contributed by atoms with Crippen LogP contribution < -0.4 is 10.1 Å². The van der Waals surface area contributed by atoms with Crippen molar-refractivity contribution >= 4 is 22.4 Å². The van der Waals surface area contributed by atoms with Crippen molar-refractivity contribution in [2.24, 2.45) is 0 Å². The highest BCUT2D eigenvalue weighted by molar-refractivity contribution is 6.15. The van der Waals surface area contributed by atoms with E-state index in [2.05, 4.69) is 12.2 Å². The Balaban J connectivity index is 2.04. The Morgan fingerprint density at radius 3 is 2.54 bits per heavy atom. The van der Waals surface area contributed by atoms with Gasteiger partial charge in [-0.05, 0) is 60.9 Å². The predicted octanol–water partition coefficient (Wildman–Crippen LogP) is 5.11. The van der Waals surface area contributed by atoms with Crippen LogP contribution in [0.3, 0.4) is 0 Å². The largest absolute Gasteiger partial charge is 0.493 e. The van der Waals surface area contributed by atoms with E-state index < -0.39 is 0 Å². The Bertz CT molecular complexity index is 899. The Kier molecular flexibility index (Phi) is 4.52. The molecule has 0 unspecified atom stereocenters. The fraction of sp³-hybridized carbons (Fsp3) is 0.190. The molecule has 0 aromatic heterocycles. The average Bonchev–Trinajstić information content (AvgIpc) is 2.58. The fourth-order valence-corrected chi connectivity index (χ4v) is 2.77. The van der Waals surface area contributed by atoms with Gasteiger partial charge in [0.2, 0.25) is 0 Å². The molecule has 0 aliphatic carbocycles. The van der Waals surface area contributed by atoms with Crippen molar-refractivity contribution in [2.45, 2.75) is 20.8 Å². The first kappa shape index (κ1) is 16.1. The number of hydrogen-bond donors (Lipinski definition) is 1. The van der Waals surface area contributed by atoms with E-state index in [4.69, 9.17) is 4.74 Å². The summed E-state index contributed by atoms with van der Waals surface area (Å²) in [4.78, 5) is 12.9. The van der Waals surface area contributed by atoms with Gasteiger partial charge in [-0.25, -0.2) is 0 Å². The molecule has 3 heteroatoms. The topological polar surface area (TPSA) is 38.3 Å². The molecular weight excluding hydrogens is 298 g/mol. The molecule has 1 amide bonds. The molecule has 122 valence electrons. The van der Waals surface area contributed by atoms with Crippen molar-refractivity contribution in [2.75, 3.05) is 11.9 Å². The summed E-state index contributed by atoms with van der Waals surface area (Å²) in [6.45, 7) is 6.52. The minimum absolute atomic E-state index is 0.154. The van der Waals surface area contributed by atoms with Gasteiger partial charge in [-0.3, -0.25) is 4.79 Å². The number of amides is 1. The standard InChI is InChI=1S/C21H21NO2/c1-4-24-19-12-10-16-7-5-6-8-18(16)20(19)21(23)22-17-11-9-14(2)15(3)13-17/h5-13H,4H2,1-3H3,(H,22,23). The van der Waals surface area contributed by atoms with Gasteiger partial charge < -0.3 is 10.1 Å². The number of carbonyl (C=O) groups excluding carboxylic acids is 1. The van der Waals surface area contributed by atoms with Gasteiger partial charge in [-0.1, -0.05) is 36.4 Å². The molecule has 3 aromatic rings. The first-order chi connectivity index (χ1) is 11.6. The van der Waals surface area contributed by atoms with Gasteiger partial charge in [0.05, 0.1) is 12.2 Å². The number of nitrogens with one attached hydrogen (secondary N) is 1. The Hall–Kier alpha value is -2.81. The van der Waals surface area contributed by atoms with Crippen molar-refractivity contribution in [3.05, 3.63) is 71.3 Å². The minimum Gasteiger partial charge on any atom is -0.493 e. The summed E-state index contributed by atoms with van der Waals surface area (Å²) in [6.07, 6.45) is 0. The second-order valence-corrected chi connectivity index (χ2v) is 5.85. The Labute approximate surface area is 142 Å². The predicted molar refractivity (Wildman–Crippen MR) is 99.0 cm³/mol. The molecule has 0 saturated carbocycles. The molecule has 0 atom stereocenters. The van der Waals surface area contributed by atoms with E-state index in [-0.39, 0.29) is 5.91 Å². The summed E-state index contributed by atoms with van der Waals surface area (Å²) in [7, 11) is 0. The third-order valence-corrected chi connectivity index (χ3v) is 4.18. The molecule has 0 fully saturated rings. The maximum absolute atomic E-state index is 12.9. The molecular formula is C21H21NO2. The van der Waals surface area contributed by atoms with Crippen molar-refractivity contribution in [3.63, 3.8) is 0 Å². The SMILES string of the molecule is CCOc1ccc2ccccc2c1C(=O)Nc1ccc(C)c(C)c1. The average molecular weight is 319 g/mol. The van der Waals surface area contributed by atoms with E-state index in [0.717, 1.165) is 22.0 Å². The monoisotopic (exact) mass is 319 g/mol. The molecule has 1 N–H and O–H groups in total. The number of hydrogen-bond acceptors (Lipinski definition) is 2. The van der Waals surface area contributed by atoms with Gasteiger partial charge in [-0.2, -0.15) is 0 Å². The molecule has 3 rings (SSSR count). The lowest BCUT2D eigenvalue weighted by Crippen LogP contribution is -2.14. The van der Waals surface area contributed by atoms with Crippen LogP contribution >= 0.6 is 0 Å². The number of ether oxygens (including phenoxy) is 1. The molecule has 3 nitrogen and oxygen atoms in total. The number of aryl methyl sites for hydroxylation is 2. The van der Waals surface area contributed by atoms with E-state index in [0.29, 0.717) is 17.9 Å². The molecule has 0 radical (unpaired) electrons. The summed E-state index contributed by atoms with van der Waals surface area (Å²) in [5.74, 6) is 0.455. The smallest absolute Gasteiger partial charge is 0.260 e. The van der Waals surface area contributed by atoms with Gasteiger partial charge >= 0.3 is 0 Å². The maximum atomic E-state index is 12.9. The Morgan fingerprint density at radius 1 is 1.00 bits per heavy atom. The van der Waals surface area contributed by atoms with Crippen LogP contribution in [0.4, 0.5) is 5.69 Å². The lowest BCUT2D eigenvalue weighted by molar-refractivity contribution is 0.102. The van der Waals surface area contributed by atoms with Crippen LogP contribution in [0.15, 0.2) is 54.6 Å². The van der Waals surface area contributed by atoms with E-state index in [9.17, 15) is 4.79 Å². The first-order valence-corrected chi connectivity index (χ1v) is 8.13. The third kappa shape index (κ3) is 3.11. The quantitative estimate of drug-likeness (QED) is 0.726. The number of benzene rings is 3. The Morgan fingerprint density at radius 2 is 1.79 bits per heavy atom. The maximum Gasteiger partial charge on any atom is 0.260 e. The van der Waals surface area contributed by atoms with Crippen LogP contribution in [0.1, 0.15) is 28.4 Å². The van der Waals surface area contributed by atoms with Gasteiger partial charge in [0, 0.05) is 5.69 Å². The van der Waals surface area contributed by atoms with Gasteiger partial charge in [0.15, 0.2) is 0 Å². The summed E-state index contributed by atoms with van der Waals surface area (Å²) in [5, 5.41) is 4.91. The second-order valence-electron chi connectivity index (χ2n) is 5.85. The number of anilines is 1. The zero-order valence-electron chi connectivity index (χ0n) is 14.2. The second kappa shape index (κ2) is 6.75. The number of fused-ring (bicyclic) bond motifs is 1. The van der Waals surface area contributed by atoms with Crippen molar-refractivity contribution in [3.8, 4) is 5.75 Å². The van der Waals surface area contributed by atoms with Gasteiger partial charge in [0.25, 0.3) is 5.91 Å². The molecule has 0 bridgehead atoms. The number of rotatable bonds is 4. The van der Waals surface area contributed by atoms with Crippen LogP contribution in [0.2, 0.25) is 0 Å². The molecule has 0 aliphatic heterocycles. The molecule has 0 saturated heterocycles. The number of carbonyl (C=O) groups is 1. The molecule has 0 aliphatic rings. The summed E-state index contributed by atoms with van der Waals surface area (Å²) in [6, 6.07) is 17.6. The highest BCUT2D eigenvalue weighted by atomic mass is 16.5.